The summed E-state index contributed by atoms with van der Waals surface area (Å²) in [4.78, 5) is 23.3. The molecule has 1 aromatic rings. The van der Waals surface area contributed by atoms with E-state index in [1.807, 2.05) is 13.8 Å². The highest BCUT2D eigenvalue weighted by Crippen LogP contribution is 2.11. The van der Waals surface area contributed by atoms with Crippen LogP contribution in [-0.4, -0.2) is 23.0 Å². The molecular formula is C15H21N3O2S. The first kappa shape index (κ1) is 17.1. The maximum absolute atomic E-state index is 12.0. The van der Waals surface area contributed by atoms with Crippen molar-refractivity contribution in [3.63, 3.8) is 0 Å². The van der Waals surface area contributed by atoms with Crippen molar-refractivity contribution in [2.75, 3.05) is 5.32 Å². The average Bonchev–Trinajstić information content (AvgIpc) is 2.46. The molecule has 114 valence electrons. The van der Waals surface area contributed by atoms with E-state index in [9.17, 15) is 9.59 Å². The fourth-order valence-electron chi connectivity index (χ4n) is 1.52. The van der Waals surface area contributed by atoms with Crippen molar-refractivity contribution in [2.24, 2.45) is 0 Å². The third kappa shape index (κ3) is 5.91. The maximum atomic E-state index is 12.0. The molecule has 0 saturated carbocycles. The Balaban J connectivity index is 2.70. The number of carbonyl (C=O) groups excluding carboxylic acids is 2. The second-order valence-electron chi connectivity index (χ2n) is 4.72. The van der Waals surface area contributed by atoms with Crippen LogP contribution in [0.3, 0.4) is 0 Å². The first-order valence-electron chi connectivity index (χ1n) is 6.98. The molecule has 0 bridgehead atoms. The first-order chi connectivity index (χ1) is 9.96. The number of carbonyl (C=O) groups is 2. The molecule has 5 nitrogen and oxygen atoms in total. The van der Waals surface area contributed by atoms with Gasteiger partial charge in [0.15, 0.2) is 5.11 Å². The number of thiocarbonyl (C=S) groups is 1. The second kappa shape index (κ2) is 8.36. The lowest BCUT2D eigenvalue weighted by Crippen LogP contribution is -2.34. The van der Waals surface area contributed by atoms with E-state index in [-0.39, 0.29) is 23.0 Å². The van der Waals surface area contributed by atoms with Crippen molar-refractivity contribution < 1.29 is 9.59 Å². The number of benzene rings is 1. The summed E-state index contributed by atoms with van der Waals surface area (Å²) in [5.41, 5.74) is 1.21. The highest BCUT2D eigenvalue weighted by Gasteiger charge is 2.09. The van der Waals surface area contributed by atoms with E-state index >= 15 is 0 Å². The van der Waals surface area contributed by atoms with Crippen LogP contribution in [0.4, 0.5) is 5.69 Å². The van der Waals surface area contributed by atoms with Gasteiger partial charge < -0.3 is 16.0 Å². The van der Waals surface area contributed by atoms with E-state index in [0.29, 0.717) is 17.7 Å². The van der Waals surface area contributed by atoms with Gasteiger partial charge in [-0.25, -0.2) is 0 Å². The zero-order valence-electron chi connectivity index (χ0n) is 12.5. The molecule has 0 fully saturated rings. The summed E-state index contributed by atoms with van der Waals surface area (Å²) < 4.78 is 0. The number of rotatable bonds is 5. The molecule has 0 aliphatic heterocycles. The van der Waals surface area contributed by atoms with Gasteiger partial charge in [0.2, 0.25) is 5.91 Å². The predicted molar refractivity (Wildman–Crippen MR) is 88.3 cm³/mol. The van der Waals surface area contributed by atoms with Gasteiger partial charge >= 0.3 is 0 Å². The van der Waals surface area contributed by atoms with E-state index < -0.39 is 0 Å². The van der Waals surface area contributed by atoms with E-state index in [2.05, 4.69) is 16.0 Å². The third-order valence-electron chi connectivity index (χ3n) is 2.95. The predicted octanol–water partition coefficient (Wildman–Crippen LogP) is 2.44. The highest BCUT2D eigenvalue weighted by atomic mass is 32.1. The van der Waals surface area contributed by atoms with Crippen molar-refractivity contribution >= 4 is 34.8 Å². The fraction of sp³-hybridized carbons (Fsp3) is 0.400. The summed E-state index contributed by atoms with van der Waals surface area (Å²) in [6, 6.07) is 7.10. The largest absolute Gasteiger partial charge is 0.350 e. The van der Waals surface area contributed by atoms with E-state index in [1.54, 1.807) is 31.2 Å². The Morgan fingerprint density at radius 1 is 1.29 bits per heavy atom. The van der Waals surface area contributed by atoms with E-state index in [4.69, 9.17) is 12.2 Å². The number of nitrogens with one attached hydrogen (secondary N) is 3. The Morgan fingerprint density at radius 3 is 2.62 bits per heavy atom. The summed E-state index contributed by atoms with van der Waals surface area (Å²) in [5, 5.41) is 8.56. The number of anilines is 1. The molecule has 0 aromatic heterocycles. The van der Waals surface area contributed by atoms with Crippen molar-refractivity contribution in [3.05, 3.63) is 29.8 Å². The monoisotopic (exact) mass is 307 g/mol. The first-order valence-corrected chi connectivity index (χ1v) is 7.38. The highest BCUT2D eigenvalue weighted by molar-refractivity contribution is 7.80. The molecule has 1 aromatic carbocycles. The van der Waals surface area contributed by atoms with Gasteiger partial charge in [0, 0.05) is 23.7 Å². The molecule has 0 aliphatic carbocycles. The average molecular weight is 307 g/mol. The van der Waals surface area contributed by atoms with Gasteiger partial charge in [-0.3, -0.25) is 9.59 Å². The smallest absolute Gasteiger partial charge is 0.251 e. The van der Waals surface area contributed by atoms with Gasteiger partial charge in [-0.05, 0) is 43.8 Å². The molecule has 1 rings (SSSR count). The lowest BCUT2D eigenvalue weighted by molar-refractivity contribution is -0.119. The summed E-state index contributed by atoms with van der Waals surface area (Å²) in [7, 11) is 0. The quantitative estimate of drug-likeness (QED) is 0.731. The van der Waals surface area contributed by atoms with Crippen molar-refractivity contribution in [3.8, 4) is 0 Å². The minimum absolute atomic E-state index is 0.124. The van der Waals surface area contributed by atoms with Crippen LogP contribution in [0.15, 0.2) is 24.3 Å². The van der Waals surface area contributed by atoms with Gasteiger partial charge in [0.25, 0.3) is 5.91 Å². The van der Waals surface area contributed by atoms with Gasteiger partial charge in [-0.2, -0.15) is 0 Å². The molecule has 0 radical (unpaired) electrons. The molecule has 2 amide bonds. The molecule has 0 saturated heterocycles. The molecular weight excluding hydrogens is 286 g/mol. The van der Waals surface area contributed by atoms with Crippen molar-refractivity contribution in [2.45, 2.75) is 39.7 Å². The molecule has 6 heteroatoms. The Morgan fingerprint density at radius 2 is 2.00 bits per heavy atom. The summed E-state index contributed by atoms with van der Waals surface area (Å²) in [6.07, 6.45) is 1.23. The molecule has 0 heterocycles. The Labute approximate surface area is 130 Å². The maximum Gasteiger partial charge on any atom is 0.251 e. The van der Waals surface area contributed by atoms with Crippen molar-refractivity contribution in [1.82, 2.24) is 10.6 Å². The lowest BCUT2D eigenvalue weighted by Gasteiger charge is -2.13. The number of hydrogen-bond acceptors (Lipinski definition) is 3. The van der Waals surface area contributed by atoms with Crippen LogP contribution in [0.5, 0.6) is 0 Å². The molecule has 1 unspecified atom stereocenters. The SMILES string of the molecule is CCC(=O)NC(=S)Nc1cccc(C(=O)NC(C)CC)c1. The van der Waals surface area contributed by atoms with Crippen LogP contribution in [0.1, 0.15) is 44.0 Å². The zero-order chi connectivity index (χ0) is 15.8. The molecule has 0 spiro atoms. The van der Waals surface area contributed by atoms with Gasteiger partial charge in [-0.1, -0.05) is 19.9 Å². The Kier molecular flexibility index (Phi) is 6.81. The molecule has 3 N–H and O–H groups in total. The van der Waals surface area contributed by atoms with Crippen LogP contribution in [0.2, 0.25) is 0 Å². The van der Waals surface area contributed by atoms with Crippen LogP contribution in [-0.2, 0) is 4.79 Å². The van der Waals surface area contributed by atoms with Crippen LogP contribution >= 0.6 is 12.2 Å². The minimum Gasteiger partial charge on any atom is -0.350 e. The fourth-order valence-corrected chi connectivity index (χ4v) is 1.76. The normalized spacial score (nSPS) is 11.4. The number of hydrogen-bond donors (Lipinski definition) is 3. The van der Waals surface area contributed by atoms with Gasteiger partial charge in [0.05, 0.1) is 0 Å². The summed E-state index contributed by atoms with van der Waals surface area (Å²) in [6.45, 7) is 5.71. The Bertz CT molecular complexity index is 531. The van der Waals surface area contributed by atoms with Gasteiger partial charge in [-0.15, -0.1) is 0 Å². The van der Waals surface area contributed by atoms with E-state index in [0.717, 1.165) is 6.42 Å². The van der Waals surface area contributed by atoms with Crippen LogP contribution < -0.4 is 16.0 Å². The standard InChI is InChI=1S/C15H21N3O2S/c1-4-10(3)16-14(20)11-7-6-8-12(9-11)17-15(21)18-13(19)5-2/h6-10H,4-5H2,1-3H3,(H,16,20)(H2,17,18,19,21). The zero-order valence-corrected chi connectivity index (χ0v) is 13.3. The second-order valence-corrected chi connectivity index (χ2v) is 5.13. The van der Waals surface area contributed by atoms with Crippen molar-refractivity contribution in [1.29, 1.82) is 0 Å². The van der Waals surface area contributed by atoms with Crippen LogP contribution in [0, 0.1) is 0 Å². The lowest BCUT2D eigenvalue weighted by atomic mass is 10.1. The topological polar surface area (TPSA) is 70.2 Å². The minimum atomic E-state index is -0.154. The van der Waals surface area contributed by atoms with E-state index in [1.165, 1.54) is 0 Å². The molecule has 21 heavy (non-hydrogen) atoms. The molecule has 1 atom stereocenters. The summed E-state index contributed by atoms with van der Waals surface area (Å²) in [5.74, 6) is -0.283. The Hall–Kier alpha value is -1.95. The van der Waals surface area contributed by atoms with Crippen LogP contribution in [0.25, 0.3) is 0 Å². The van der Waals surface area contributed by atoms with Gasteiger partial charge in [0.1, 0.15) is 0 Å². The third-order valence-corrected chi connectivity index (χ3v) is 3.15. The number of amides is 2. The summed E-state index contributed by atoms with van der Waals surface area (Å²) >= 11 is 5.03. The molecule has 0 aliphatic rings.